The summed E-state index contributed by atoms with van der Waals surface area (Å²) in [5.41, 5.74) is 1.31. The fourth-order valence-electron chi connectivity index (χ4n) is 2.13. The van der Waals surface area contributed by atoms with Gasteiger partial charge in [-0.15, -0.1) is 12.4 Å². The van der Waals surface area contributed by atoms with Gasteiger partial charge in [-0.1, -0.05) is 0 Å². The van der Waals surface area contributed by atoms with Gasteiger partial charge in [0, 0.05) is 30.5 Å². The number of likely N-dealkylation sites (N-methyl/N-ethyl adjacent to an activating group) is 1. The smallest absolute Gasteiger partial charge is 0.0470 e. The van der Waals surface area contributed by atoms with E-state index in [1.807, 2.05) is 6.20 Å². The van der Waals surface area contributed by atoms with Gasteiger partial charge < -0.3 is 10.3 Å². The summed E-state index contributed by atoms with van der Waals surface area (Å²) >= 11 is 0. The molecule has 0 aromatic carbocycles. The second kappa shape index (κ2) is 5.54. The van der Waals surface area contributed by atoms with Crippen LogP contribution in [0.25, 0.3) is 0 Å². The topological polar surface area (TPSA) is 31.1 Å². The van der Waals surface area contributed by atoms with E-state index in [-0.39, 0.29) is 12.4 Å². The summed E-state index contributed by atoms with van der Waals surface area (Å²) < 4.78 is 0. The minimum atomic E-state index is 0. The molecular formula is C11H20ClN3. The molecule has 0 bridgehead atoms. The summed E-state index contributed by atoms with van der Waals surface area (Å²) in [7, 11) is 2.21. The Morgan fingerprint density at radius 3 is 2.87 bits per heavy atom. The molecule has 3 nitrogen and oxygen atoms in total. The Morgan fingerprint density at radius 2 is 2.33 bits per heavy atom. The van der Waals surface area contributed by atoms with E-state index in [4.69, 9.17) is 0 Å². The van der Waals surface area contributed by atoms with Crippen LogP contribution < -0.4 is 5.32 Å². The van der Waals surface area contributed by atoms with Crippen molar-refractivity contribution in [3.05, 3.63) is 24.0 Å². The third-order valence-corrected chi connectivity index (χ3v) is 3.29. The van der Waals surface area contributed by atoms with Crippen LogP contribution in [0.3, 0.4) is 0 Å². The highest BCUT2D eigenvalue weighted by molar-refractivity contribution is 5.85. The zero-order valence-corrected chi connectivity index (χ0v) is 10.2. The molecule has 1 aliphatic rings. The Labute approximate surface area is 97.7 Å². The van der Waals surface area contributed by atoms with Crippen molar-refractivity contribution in [2.24, 2.45) is 0 Å². The highest BCUT2D eigenvalue weighted by Gasteiger charge is 2.23. The number of hydrogen-bond acceptors (Lipinski definition) is 2. The molecule has 2 heterocycles. The maximum absolute atomic E-state index is 3.40. The standard InChI is InChI=1S/C11H19N3.ClH/c1-9(11-4-3-6-13-11)14(2)10-5-7-12-8-10;/h3-4,6,9-10,12-13H,5,7-8H2,1-2H3;1H/t9?,10-;/m1./s1. The number of nitrogens with one attached hydrogen (secondary N) is 2. The van der Waals surface area contributed by atoms with E-state index in [1.165, 1.54) is 12.1 Å². The number of aromatic nitrogens is 1. The molecule has 1 fully saturated rings. The monoisotopic (exact) mass is 229 g/mol. The zero-order chi connectivity index (χ0) is 9.97. The van der Waals surface area contributed by atoms with Crippen molar-refractivity contribution < 1.29 is 0 Å². The molecule has 1 aliphatic heterocycles. The predicted molar refractivity (Wildman–Crippen MR) is 65.5 cm³/mol. The Hall–Kier alpha value is -0.510. The molecule has 1 unspecified atom stereocenters. The second-order valence-corrected chi connectivity index (χ2v) is 4.11. The summed E-state index contributed by atoms with van der Waals surface area (Å²) in [6.45, 7) is 4.54. The molecule has 0 amide bonds. The van der Waals surface area contributed by atoms with Gasteiger partial charge in [0.25, 0.3) is 0 Å². The second-order valence-electron chi connectivity index (χ2n) is 4.11. The quantitative estimate of drug-likeness (QED) is 0.828. The molecule has 1 saturated heterocycles. The summed E-state index contributed by atoms with van der Waals surface area (Å²) in [5, 5.41) is 3.40. The lowest BCUT2D eigenvalue weighted by Crippen LogP contribution is -2.35. The molecule has 15 heavy (non-hydrogen) atoms. The van der Waals surface area contributed by atoms with Crippen LogP contribution in [0.4, 0.5) is 0 Å². The number of nitrogens with zero attached hydrogens (tertiary/aromatic N) is 1. The molecule has 1 aromatic heterocycles. The Bertz CT molecular complexity index is 267. The number of rotatable bonds is 3. The van der Waals surface area contributed by atoms with Crippen molar-refractivity contribution in [3.8, 4) is 0 Å². The van der Waals surface area contributed by atoms with Gasteiger partial charge in [-0.3, -0.25) is 4.90 Å². The third-order valence-electron chi connectivity index (χ3n) is 3.29. The van der Waals surface area contributed by atoms with Gasteiger partial charge in [0.15, 0.2) is 0 Å². The average molecular weight is 230 g/mol. The van der Waals surface area contributed by atoms with Crippen LogP contribution in [0, 0.1) is 0 Å². The fourth-order valence-corrected chi connectivity index (χ4v) is 2.13. The first kappa shape index (κ1) is 12.6. The summed E-state index contributed by atoms with van der Waals surface area (Å²) in [5.74, 6) is 0. The van der Waals surface area contributed by atoms with E-state index < -0.39 is 0 Å². The van der Waals surface area contributed by atoms with Gasteiger partial charge in [-0.25, -0.2) is 0 Å². The summed E-state index contributed by atoms with van der Waals surface area (Å²) in [4.78, 5) is 5.73. The Balaban J connectivity index is 0.00000112. The Morgan fingerprint density at radius 1 is 1.53 bits per heavy atom. The summed E-state index contributed by atoms with van der Waals surface area (Å²) in [6, 6.07) is 5.39. The van der Waals surface area contributed by atoms with Crippen LogP contribution in [0.5, 0.6) is 0 Å². The molecule has 86 valence electrons. The highest BCUT2D eigenvalue weighted by Crippen LogP contribution is 2.21. The van der Waals surface area contributed by atoms with Crippen LogP contribution in [-0.4, -0.2) is 36.1 Å². The molecular weight excluding hydrogens is 210 g/mol. The predicted octanol–water partition coefficient (Wildman–Crippen LogP) is 1.79. The molecule has 2 N–H and O–H groups in total. The van der Waals surface area contributed by atoms with Crippen molar-refractivity contribution in [1.82, 2.24) is 15.2 Å². The third kappa shape index (κ3) is 2.74. The SMILES string of the molecule is CC(c1ccc[nH]1)N(C)[C@@H]1CCNC1.Cl. The molecule has 0 spiro atoms. The van der Waals surface area contributed by atoms with Crippen molar-refractivity contribution in [1.29, 1.82) is 0 Å². The normalized spacial score (nSPS) is 22.7. The molecule has 2 rings (SSSR count). The minimum absolute atomic E-state index is 0. The van der Waals surface area contributed by atoms with Crippen LogP contribution in [0.15, 0.2) is 18.3 Å². The van der Waals surface area contributed by atoms with E-state index >= 15 is 0 Å². The van der Waals surface area contributed by atoms with E-state index in [2.05, 4.69) is 41.3 Å². The number of H-pyrrole nitrogens is 1. The first-order valence-corrected chi connectivity index (χ1v) is 5.35. The van der Waals surface area contributed by atoms with Crippen LogP contribution in [0.1, 0.15) is 25.1 Å². The van der Waals surface area contributed by atoms with Gasteiger partial charge in [0.2, 0.25) is 0 Å². The van der Waals surface area contributed by atoms with Crippen LogP contribution in [-0.2, 0) is 0 Å². The van der Waals surface area contributed by atoms with Gasteiger partial charge in [-0.05, 0) is 39.1 Å². The molecule has 0 radical (unpaired) electrons. The maximum atomic E-state index is 3.40. The highest BCUT2D eigenvalue weighted by atomic mass is 35.5. The average Bonchev–Trinajstić information content (AvgIpc) is 2.87. The first-order valence-electron chi connectivity index (χ1n) is 5.35. The Kier molecular flexibility index (Phi) is 4.64. The largest absolute Gasteiger partial charge is 0.364 e. The lowest BCUT2D eigenvalue weighted by molar-refractivity contribution is 0.194. The molecule has 1 aromatic rings. The number of hydrogen-bond donors (Lipinski definition) is 2. The molecule has 2 atom stereocenters. The van der Waals surface area contributed by atoms with E-state index in [0.29, 0.717) is 12.1 Å². The molecule has 0 aliphatic carbocycles. The van der Waals surface area contributed by atoms with E-state index in [0.717, 1.165) is 13.1 Å². The van der Waals surface area contributed by atoms with Crippen molar-refractivity contribution in [2.75, 3.05) is 20.1 Å². The maximum Gasteiger partial charge on any atom is 0.0470 e. The lowest BCUT2D eigenvalue weighted by Gasteiger charge is -2.29. The van der Waals surface area contributed by atoms with Gasteiger partial charge in [0.05, 0.1) is 0 Å². The summed E-state index contributed by atoms with van der Waals surface area (Å²) in [6.07, 6.45) is 3.26. The van der Waals surface area contributed by atoms with Crippen molar-refractivity contribution >= 4 is 12.4 Å². The van der Waals surface area contributed by atoms with Gasteiger partial charge in [-0.2, -0.15) is 0 Å². The molecule has 0 saturated carbocycles. The molecule has 4 heteroatoms. The van der Waals surface area contributed by atoms with Crippen LogP contribution >= 0.6 is 12.4 Å². The fraction of sp³-hybridized carbons (Fsp3) is 0.636. The minimum Gasteiger partial charge on any atom is -0.364 e. The lowest BCUT2D eigenvalue weighted by atomic mass is 10.1. The van der Waals surface area contributed by atoms with Gasteiger partial charge >= 0.3 is 0 Å². The van der Waals surface area contributed by atoms with Crippen LogP contribution in [0.2, 0.25) is 0 Å². The number of halogens is 1. The van der Waals surface area contributed by atoms with Crippen molar-refractivity contribution in [3.63, 3.8) is 0 Å². The zero-order valence-electron chi connectivity index (χ0n) is 9.36. The van der Waals surface area contributed by atoms with E-state index in [9.17, 15) is 0 Å². The first-order chi connectivity index (χ1) is 6.79. The number of aromatic amines is 1. The van der Waals surface area contributed by atoms with Gasteiger partial charge in [0.1, 0.15) is 0 Å². The van der Waals surface area contributed by atoms with Crippen molar-refractivity contribution in [2.45, 2.75) is 25.4 Å². The van der Waals surface area contributed by atoms with E-state index in [1.54, 1.807) is 0 Å².